The van der Waals surface area contributed by atoms with Gasteiger partial charge < -0.3 is 10.0 Å². The molecule has 0 amide bonds. The van der Waals surface area contributed by atoms with Gasteiger partial charge >= 0.3 is 6.18 Å². The van der Waals surface area contributed by atoms with Crippen molar-refractivity contribution >= 4 is 5.95 Å². The highest BCUT2D eigenvalue weighted by Gasteiger charge is 2.31. The average Bonchev–Trinajstić information content (AvgIpc) is 2.27. The van der Waals surface area contributed by atoms with Crippen molar-refractivity contribution in [3.63, 3.8) is 0 Å². The van der Waals surface area contributed by atoms with E-state index in [4.69, 9.17) is 10.4 Å². The van der Waals surface area contributed by atoms with Gasteiger partial charge in [-0.3, -0.25) is 0 Å². The molecule has 1 aromatic heterocycles. The van der Waals surface area contributed by atoms with Gasteiger partial charge in [-0.2, -0.15) is 18.4 Å². The Hall–Kier alpha value is -1.88. The Morgan fingerprint density at radius 1 is 1.47 bits per heavy atom. The van der Waals surface area contributed by atoms with Gasteiger partial charge in [0.2, 0.25) is 5.95 Å². The summed E-state index contributed by atoms with van der Waals surface area (Å²) in [6, 6.07) is 2.99. The maximum Gasteiger partial charge on any atom is 0.406 e. The fourth-order valence-electron chi connectivity index (χ4n) is 1.15. The second-order valence-electron chi connectivity index (χ2n) is 3.11. The predicted molar refractivity (Wildman–Crippen MR) is 52.1 cm³/mol. The molecule has 0 unspecified atom stereocenters. The minimum Gasteiger partial charge on any atom is -0.395 e. The molecular weight excluding hydrogens is 237 g/mol. The molecule has 5 nitrogen and oxygen atoms in total. The third-order valence-corrected chi connectivity index (χ3v) is 1.78. The minimum absolute atomic E-state index is 0.0277. The van der Waals surface area contributed by atoms with Crippen molar-refractivity contribution in [2.45, 2.75) is 6.18 Å². The number of nitriles is 1. The van der Waals surface area contributed by atoms with Gasteiger partial charge in [-0.1, -0.05) is 0 Å². The summed E-state index contributed by atoms with van der Waals surface area (Å²) in [7, 11) is 0. The van der Waals surface area contributed by atoms with Crippen LogP contribution < -0.4 is 4.90 Å². The molecule has 0 fully saturated rings. The lowest BCUT2D eigenvalue weighted by Crippen LogP contribution is -2.37. The third kappa shape index (κ3) is 4.24. The molecule has 0 bridgehead atoms. The predicted octanol–water partition coefficient (Wildman–Crippen LogP) is 0.709. The van der Waals surface area contributed by atoms with Crippen LogP contribution >= 0.6 is 0 Å². The molecule has 0 saturated carbocycles. The van der Waals surface area contributed by atoms with Crippen molar-refractivity contribution in [3.05, 3.63) is 18.0 Å². The standard InChI is InChI=1S/C9H9F3N4O/c10-9(11,12)6-16(3-4-17)8-14-2-1-7(5-13)15-8/h1-2,17H,3-4,6H2. The monoisotopic (exact) mass is 246 g/mol. The molecule has 0 saturated heterocycles. The van der Waals surface area contributed by atoms with Gasteiger partial charge in [0.05, 0.1) is 6.61 Å². The van der Waals surface area contributed by atoms with Gasteiger partial charge in [-0.05, 0) is 6.07 Å². The van der Waals surface area contributed by atoms with E-state index in [1.807, 2.05) is 0 Å². The number of alkyl halides is 3. The molecule has 0 aliphatic carbocycles. The van der Waals surface area contributed by atoms with Crippen LogP contribution in [-0.2, 0) is 0 Å². The summed E-state index contributed by atoms with van der Waals surface area (Å²) in [6.45, 7) is -1.99. The first-order valence-corrected chi connectivity index (χ1v) is 4.62. The summed E-state index contributed by atoms with van der Waals surface area (Å²) < 4.78 is 36.8. The summed E-state index contributed by atoms with van der Waals surface area (Å²) in [6.07, 6.45) is -3.23. The molecule has 92 valence electrons. The largest absolute Gasteiger partial charge is 0.406 e. The smallest absolute Gasteiger partial charge is 0.395 e. The number of nitrogens with zero attached hydrogens (tertiary/aromatic N) is 4. The Balaban J connectivity index is 2.93. The van der Waals surface area contributed by atoms with Gasteiger partial charge in [-0.25, -0.2) is 9.97 Å². The van der Waals surface area contributed by atoms with Gasteiger partial charge in [-0.15, -0.1) is 0 Å². The fraction of sp³-hybridized carbons (Fsp3) is 0.444. The molecule has 0 aliphatic rings. The van der Waals surface area contributed by atoms with Gasteiger partial charge in [0.1, 0.15) is 18.3 Å². The van der Waals surface area contributed by atoms with Crippen LogP contribution in [0.2, 0.25) is 0 Å². The number of rotatable bonds is 4. The first kappa shape index (κ1) is 13.2. The number of hydrogen-bond donors (Lipinski definition) is 1. The lowest BCUT2D eigenvalue weighted by molar-refractivity contribution is -0.120. The maximum atomic E-state index is 12.3. The van der Waals surface area contributed by atoms with Gasteiger partial charge in [0.25, 0.3) is 0 Å². The van der Waals surface area contributed by atoms with Crippen LogP contribution in [0.25, 0.3) is 0 Å². The van der Waals surface area contributed by atoms with E-state index in [-0.39, 0.29) is 18.2 Å². The van der Waals surface area contributed by atoms with Crippen molar-refractivity contribution in [3.8, 4) is 6.07 Å². The summed E-state index contributed by atoms with van der Waals surface area (Å²) in [5.74, 6) is -0.226. The van der Waals surface area contributed by atoms with Crippen molar-refractivity contribution in [1.29, 1.82) is 5.26 Å². The quantitative estimate of drug-likeness (QED) is 0.846. The molecule has 0 radical (unpaired) electrons. The van der Waals surface area contributed by atoms with Crippen molar-refractivity contribution < 1.29 is 18.3 Å². The van der Waals surface area contributed by atoms with Crippen LogP contribution in [0.15, 0.2) is 12.3 Å². The highest BCUT2D eigenvalue weighted by molar-refractivity contribution is 5.33. The van der Waals surface area contributed by atoms with E-state index in [0.29, 0.717) is 0 Å². The Morgan fingerprint density at radius 2 is 2.18 bits per heavy atom. The van der Waals surface area contributed by atoms with E-state index in [0.717, 1.165) is 4.90 Å². The zero-order valence-corrected chi connectivity index (χ0v) is 8.65. The van der Waals surface area contributed by atoms with Crippen LogP contribution in [0, 0.1) is 11.3 Å². The average molecular weight is 246 g/mol. The van der Waals surface area contributed by atoms with E-state index in [2.05, 4.69) is 9.97 Å². The SMILES string of the molecule is N#Cc1ccnc(N(CCO)CC(F)(F)F)n1. The van der Waals surface area contributed by atoms with Crippen molar-refractivity contribution in [1.82, 2.24) is 9.97 Å². The van der Waals surface area contributed by atoms with E-state index >= 15 is 0 Å². The highest BCUT2D eigenvalue weighted by atomic mass is 19.4. The Labute approximate surface area is 95.1 Å². The maximum absolute atomic E-state index is 12.3. The molecular formula is C9H9F3N4O. The molecule has 0 atom stereocenters. The van der Waals surface area contributed by atoms with E-state index in [9.17, 15) is 13.2 Å². The fourth-order valence-corrected chi connectivity index (χ4v) is 1.15. The number of hydrogen-bond acceptors (Lipinski definition) is 5. The number of aliphatic hydroxyl groups is 1. The van der Waals surface area contributed by atoms with Crippen molar-refractivity contribution in [2.75, 3.05) is 24.6 Å². The summed E-state index contributed by atoms with van der Waals surface area (Å²) in [4.78, 5) is 8.04. The Morgan fingerprint density at radius 3 is 2.71 bits per heavy atom. The molecule has 1 aromatic rings. The molecule has 1 heterocycles. The molecule has 8 heteroatoms. The Kier molecular flexibility index (Phi) is 4.23. The molecule has 17 heavy (non-hydrogen) atoms. The zero-order valence-electron chi connectivity index (χ0n) is 8.65. The van der Waals surface area contributed by atoms with Crippen LogP contribution in [0.3, 0.4) is 0 Å². The zero-order chi connectivity index (χ0) is 12.9. The van der Waals surface area contributed by atoms with Gasteiger partial charge in [0, 0.05) is 12.7 Å². The third-order valence-electron chi connectivity index (χ3n) is 1.78. The lowest BCUT2D eigenvalue weighted by atomic mass is 10.4. The first-order chi connectivity index (χ1) is 7.96. The van der Waals surface area contributed by atoms with Crippen LogP contribution in [0.5, 0.6) is 0 Å². The number of anilines is 1. The number of aromatic nitrogens is 2. The molecule has 0 aliphatic heterocycles. The second-order valence-corrected chi connectivity index (χ2v) is 3.11. The van der Waals surface area contributed by atoms with E-state index in [1.165, 1.54) is 12.3 Å². The van der Waals surface area contributed by atoms with Crippen LogP contribution in [0.1, 0.15) is 5.69 Å². The normalized spacial score (nSPS) is 11.0. The van der Waals surface area contributed by atoms with E-state index in [1.54, 1.807) is 6.07 Å². The molecule has 0 spiro atoms. The number of aliphatic hydroxyl groups excluding tert-OH is 1. The lowest BCUT2D eigenvalue weighted by Gasteiger charge is -2.22. The minimum atomic E-state index is -4.43. The summed E-state index contributed by atoms with van der Waals surface area (Å²) in [5, 5.41) is 17.3. The molecule has 0 aromatic carbocycles. The number of halogens is 3. The molecule has 1 N–H and O–H groups in total. The first-order valence-electron chi connectivity index (χ1n) is 4.62. The van der Waals surface area contributed by atoms with Gasteiger partial charge in [0.15, 0.2) is 0 Å². The Bertz CT molecular complexity index is 415. The van der Waals surface area contributed by atoms with E-state index < -0.39 is 19.3 Å². The summed E-state index contributed by atoms with van der Waals surface area (Å²) >= 11 is 0. The molecule has 1 rings (SSSR count). The van der Waals surface area contributed by atoms with Crippen LogP contribution in [0.4, 0.5) is 19.1 Å². The second kappa shape index (κ2) is 5.45. The van der Waals surface area contributed by atoms with Crippen LogP contribution in [-0.4, -0.2) is 40.9 Å². The van der Waals surface area contributed by atoms with Crippen molar-refractivity contribution in [2.24, 2.45) is 0 Å². The topological polar surface area (TPSA) is 73.0 Å². The highest BCUT2D eigenvalue weighted by Crippen LogP contribution is 2.19. The summed E-state index contributed by atoms with van der Waals surface area (Å²) in [5.41, 5.74) is -0.0277.